The quantitative estimate of drug-likeness (QED) is 0.674. The third-order valence-electron chi connectivity index (χ3n) is 3.74. The van der Waals surface area contributed by atoms with Crippen LogP contribution in [0.2, 0.25) is 0 Å². The van der Waals surface area contributed by atoms with Gasteiger partial charge in [-0.2, -0.15) is 5.10 Å². The minimum absolute atomic E-state index is 0.0666. The monoisotopic (exact) mass is 336 g/mol. The standard InChI is InChI=1S/C18H20N6O/c1-13-4-5-14(2)15(12-13)18(25)20-10-9-19-16-6-7-17(23-22-16)24-11-3-8-21-24/h3-8,11-12H,9-10H2,1-2H3,(H,19,22)(H,20,25). The molecule has 0 saturated carbocycles. The van der Waals surface area contributed by atoms with Gasteiger partial charge in [0.1, 0.15) is 5.82 Å². The maximum absolute atomic E-state index is 12.2. The summed E-state index contributed by atoms with van der Waals surface area (Å²) >= 11 is 0. The summed E-state index contributed by atoms with van der Waals surface area (Å²) in [6, 6.07) is 11.3. The lowest BCUT2D eigenvalue weighted by Crippen LogP contribution is -2.29. The van der Waals surface area contributed by atoms with Gasteiger partial charge in [-0.05, 0) is 43.7 Å². The molecule has 0 radical (unpaired) electrons. The van der Waals surface area contributed by atoms with Gasteiger partial charge in [0.05, 0.1) is 0 Å². The Morgan fingerprint density at radius 2 is 2.00 bits per heavy atom. The Balaban J connectivity index is 1.48. The Hall–Kier alpha value is -3.22. The summed E-state index contributed by atoms with van der Waals surface area (Å²) in [7, 11) is 0. The van der Waals surface area contributed by atoms with E-state index in [1.54, 1.807) is 17.1 Å². The van der Waals surface area contributed by atoms with Crippen molar-refractivity contribution in [3.8, 4) is 5.82 Å². The van der Waals surface area contributed by atoms with E-state index in [0.717, 1.165) is 11.1 Å². The Morgan fingerprint density at radius 3 is 2.72 bits per heavy atom. The smallest absolute Gasteiger partial charge is 0.251 e. The van der Waals surface area contributed by atoms with Crippen molar-refractivity contribution in [2.24, 2.45) is 0 Å². The number of anilines is 1. The number of nitrogens with one attached hydrogen (secondary N) is 2. The summed E-state index contributed by atoms with van der Waals surface area (Å²) in [5.41, 5.74) is 2.75. The van der Waals surface area contributed by atoms with Crippen LogP contribution in [-0.4, -0.2) is 39.0 Å². The van der Waals surface area contributed by atoms with Gasteiger partial charge in [-0.25, -0.2) is 4.68 Å². The fourth-order valence-electron chi connectivity index (χ4n) is 2.39. The molecule has 0 aliphatic heterocycles. The van der Waals surface area contributed by atoms with Gasteiger partial charge in [-0.15, -0.1) is 10.2 Å². The Labute approximate surface area is 146 Å². The molecule has 2 heterocycles. The van der Waals surface area contributed by atoms with E-state index in [-0.39, 0.29) is 5.91 Å². The average Bonchev–Trinajstić information content (AvgIpc) is 3.16. The minimum Gasteiger partial charge on any atom is -0.367 e. The van der Waals surface area contributed by atoms with E-state index >= 15 is 0 Å². The third-order valence-corrected chi connectivity index (χ3v) is 3.74. The zero-order chi connectivity index (χ0) is 17.6. The van der Waals surface area contributed by atoms with Crippen LogP contribution >= 0.6 is 0 Å². The third kappa shape index (κ3) is 4.20. The molecule has 0 spiro atoms. The molecular formula is C18H20N6O. The van der Waals surface area contributed by atoms with Gasteiger partial charge >= 0.3 is 0 Å². The highest BCUT2D eigenvalue weighted by Gasteiger charge is 2.08. The van der Waals surface area contributed by atoms with E-state index < -0.39 is 0 Å². The van der Waals surface area contributed by atoms with Crippen LogP contribution in [0, 0.1) is 13.8 Å². The predicted octanol–water partition coefficient (Wildman–Crippen LogP) is 2.12. The maximum Gasteiger partial charge on any atom is 0.251 e. The molecule has 0 aliphatic rings. The first kappa shape index (κ1) is 16.6. The van der Waals surface area contributed by atoms with Crippen LogP contribution in [0.25, 0.3) is 5.82 Å². The number of nitrogens with zero attached hydrogens (tertiary/aromatic N) is 4. The number of aryl methyl sites for hydroxylation is 2. The number of hydrogen-bond acceptors (Lipinski definition) is 5. The molecule has 25 heavy (non-hydrogen) atoms. The number of benzene rings is 1. The molecule has 2 N–H and O–H groups in total. The first-order valence-electron chi connectivity index (χ1n) is 8.06. The molecule has 0 saturated heterocycles. The Kier molecular flexibility index (Phi) is 5.03. The molecule has 7 heteroatoms. The molecule has 1 aromatic carbocycles. The van der Waals surface area contributed by atoms with Crippen molar-refractivity contribution >= 4 is 11.7 Å². The van der Waals surface area contributed by atoms with Crippen molar-refractivity contribution in [2.45, 2.75) is 13.8 Å². The van der Waals surface area contributed by atoms with Crippen molar-refractivity contribution in [3.63, 3.8) is 0 Å². The lowest BCUT2D eigenvalue weighted by molar-refractivity contribution is 0.0954. The predicted molar refractivity (Wildman–Crippen MR) is 95.9 cm³/mol. The van der Waals surface area contributed by atoms with Crippen LogP contribution < -0.4 is 10.6 Å². The molecule has 7 nitrogen and oxygen atoms in total. The van der Waals surface area contributed by atoms with Gasteiger partial charge in [0.2, 0.25) is 0 Å². The highest BCUT2D eigenvalue weighted by molar-refractivity contribution is 5.95. The molecule has 0 bridgehead atoms. The zero-order valence-corrected chi connectivity index (χ0v) is 14.2. The van der Waals surface area contributed by atoms with Crippen molar-refractivity contribution < 1.29 is 4.79 Å². The summed E-state index contributed by atoms with van der Waals surface area (Å²) in [6.45, 7) is 4.97. The molecule has 3 aromatic rings. The van der Waals surface area contributed by atoms with E-state index in [1.807, 2.05) is 50.2 Å². The first-order chi connectivity index (χ1) is 12.1. The minimum atomic E-state index is -0.0666. The fraction of sp³-hybridized carbons (Fsp3) is 0.222. The molecule has 0 fully saturated rings. The van der Waals surface area contributed by atoms with Crippen LogP contribution in [0.4, 0.5) is 5.82 Å². The Bertz CT molecular complexity index is 843. The van der Waals surface area contributed by atoms with Gasteiger partial charge in [0, 0.05) is 31.0 Å². The second-order valence-electron chi connectivity index (χ2n) is 5.73. The summed E-state index contributed by atoms with van der Waals surface area (Å²) in [5.74, 6) is 1.23. The van der Waals surface area contributed by atoms with Crippen LogP contribution in [0.15, 0.2) is 48.8 Å². The Morgan fingerprint density at radius 1 is 1.12 bits per heavy atom. The number of hydrogen-bond donors (Lipinski definition) is 2. The number of rotatable bonds is 6. The van der Waals surface area contributed by atoms with Crippen molar-refractivity contribution in [1.82, 2.24) is 25.3 Å². The molecule has 0 atom stereocenters. The second-order valence-corrected chi connectivity index (χ2v) is 5.73. The van der Waals surface area contributed by atoms with Gasteiger partial charge < -0.3 is 10.6 Å². The molecule has 0 unspecified atom stereocenters. The SMILES string of the molecule is Cc1ccc(C)c(C(=O)NCCNc2ccc(-n3cccn3)nn2)c1. The molecule has 2 aromatic heterocycles. The highest BCUT2D eigenvalue weighted by atomic mass is 16.1. The van der Waals surface area contributed by atoms with Gasteiger partial charge in [-0.3, -0.25) is 4.79 Å². The molecular weight excluding hydrogens is 316 g/mol. The average molecular weight is 336 g/mol. The fourth-order valence-corrected chi connectivity index (χ4v) is 2.39. The molecule has 1 amide bonds. The number of aromatic nitrogens is 4. The van der Waals surface area contributed by atoms with Crippen molar-refractivity contribution in [2.75, 3.05) is 18.4 Å². The van der Waals surface area contributed by atoms with Crippen molar-refractivity contribution in [3.05, 3.63) is 65.5 Å². The van der Waals surface area contributed by atoms with Crippen molar-refractivity contribution in [1.29, 1.82) is 0 Å². The lowest BCUT2D eigenvalue weighted by atomic mass is 10.1. The maximum atomic E-state index is 12.2. The lowest BCUT2D eigenvalue weighted by Gasteiger charge is -2.09. The molecule has 3 rings (SSSR count). The van der Waals surface area contributed by atoms with Crippen LogP contribution in [0.1, 0.15) is 21.5 Å². The van der Waals surface area contributed by atoms with E-state index in [2.05, 4.69) is 25.9 Å². The zero-order valence-electron chi connectivity index (χ0n) is 14.2. The van der Waals surface area contributed by atoms with E-state index in [1.165, 1.54) is 0 Å². The molecule has 128 valence electrons. The topological polar surface area (TPSA) is 84.7 Å². The summed E-state index contributed by atoms with van der Waals surface area (Å²) in [4.78, 5) is 12.2. The van der Waals surface area contributed by atoms with E-state index in [4.69, 9.17) is 0 Å². The summed E-state index contributed by atoms with van der Waals surface area (Å²) in [5, 5.41) is 18.3. The van der Waals surface area contributed by atoms with Gasteiger partial charge in [0.15, 0.2) is 5.82 Å². The highest BCUT2D eigenvalue weighted by Crippen LogP contribution is 2.10. The first-order valence-corrected chi connectivity index (χ1v) is 8.06. The second kappa shape index (κ2) is 7.57. The molecule has 0 aliphatic carbocycles. The largest absolute Gasteiger partial charge is 0.367 e. The number of amides is 1. The summed E-state index contributed by atoms with van der Waals surface area (Å²) in [6.07, 6.45) is 3.49. The van der Waals surface area contributed by atoms with E-state index in [9.17, 15) is 4.79 Å². The van der Waals surface area contributed by atoms with Crippen LogP contribution in [0.3, 0.4) is 0 Å². The van der Waals surface area contributed by atoms with Crippen LogP contribution in [0.5, 0.6) is 0 Å². The van der Waals surface area contributed by atoms with Gasteiger partial charge in [0.25, 0.3) is 5.91 Å². The number of carbonyl (C=O) groups excluding carboxylic acids is 1. The van der Waals surface area contributed by atoms with Gasteiger partial charge in [-0.1, -0.05) is 17.7 Å². The normalized spacial score (nSPS) is 10.5. The van der Waals surface area contributed by atoms with Crippen LogP contribution in [-0.2, 0) is 0 Å². The number of carbonyl (C=O) groups is 1. The van der Waals surface area contributed by atoms with E-state index in [0.29, 0.717) is 30.3 Å². The summed E-state index contributed by atoms with van der Waals surface area (Å²) < 4.78 is 1.64.